The van der Waals surface area contributed by atoms with Crippen LogP contribution in [0.25, 0.3) is 10.9 Å². The molecular weight excluding hydrogens is 182 g/mol. The van der Waals surface area contributed by atoms with E-state index < -0.39 is 5.97 Å². The number of fused-ring (bicyclic) bond motifs is 1. The van der Waals surface area contributed by atoms with Crippen molar-refractivity contribution in [2.24, 2.45) is 0 Å². The Morgan fingerprint density at radius 2 is 2.36 bits per heavy atom. The van der Waals surface area contributed by atoms with Crippen LogP contribution in [-0.2, 0) is 11.2 Å². The number of aliphatic carboxylic acids is 1. The summed E-state index contributed by atoms with van der Waals surface area (Å²) in [7, 11) is 0. The molecule has 0 bridgehead atoms. The van der Waals surface area contributed by atoms with E-state index in [1.807, 2.05) is 18.2 Å². The Hall–Kier alpha value is -1.84. The van der Waals surface area contributed by atoms with Crippen LogP contribution >= 0.6 is 0 Å². The predicted molar refractivity (Wildman–Crippen MR) is 50.0 cm³/mol. The third kappa shape index (κ3) is 1.59. The summed E-state index contributed by atoms with van der Waals surface area (Å²) in [4.78, 5) is 10.4. The Labute approximate surface area is 80.1 Å². The normalized spacial score (nSPS) is 10.6. The summed E-state index contributed by atoms with van der Waals surface area (Å²) in [6.07, 6.45) is 2.19. The maximum atomic E-state index is 10.4. The maximum Gasteiger partial charge on any atom is 0.303 e. The molecule has 0 aliphatic heterocycles. The monoisotopic (exact) mass is 191 g/mol. The minimum atomic E-state index is -0.793. The number of hydrogen-bond donors (Lipinski definition) is 1. The van der Waals surface area contributed by atoms with Crippen molar-refractivity contribution in [1.29, 1.82) is 0 Å². The standard InChI is InChI=1S/C10H9NO3/c12-10(13)5-4-7-2-1-3-9-8(7)6-14-11-9/h1-3,6H,4-5H2,(H,12,13). The highest BCUT2D eigenvalue weighted by Crippen LogP contribution is 2.18. The number of nitrogens with zero attached hydrogens (tertiary/aromatic N) is 1. The molecular formula is C10H9NO3. The Morgan fingerprint density at radius 1 is 1.50 bits per heavy atom. The summed E-state index contributed by atoms with van der Waals surface area (Å²) in [5.74, 6) is -0.793. The van der Waals surface area contributed by atoms with Crippen molar-refractivity contribution in [2.75, 3.05) is 0 Å². The van der Waals surface area contributed by atoms with Gasteiger partial charge in [0, 0.05) is 11.8 Å². The summed E-state index contributed by atoms with van der Waals surface area (Å²) < 4.78 is 4.81. The Morgan fingerprint density at radius 3 is 3.14 bits per heavy atom. The average molecular weight is 191 g/mol. The predicted octanol–water partition coefficient (Wildman–Crippen LogP) is 1.84. The summed E-state index contributed by atoms with van der Waals surface area (Å²) in [5.41, 5.74) is 1.74. The zero-order chi connectivity index (χ0) is 9.97. The van der Waals surface area contributed by atoms with Crippen LogP contribution < -0.4 is 0 Å². The van der Waals surface area contributed by atoms with E-state index >= 15 is 0 Å². The molecule has 14 heavy (non-hydrogen) atoms. The van der Waals surface area contributed by atoms with Crippen molar-refractivity contribution in [3.8, 4) is 0 Å². The van der Waals surface area contributed by atoms with E-state index in [0.29, 0.717) is 6.42 Å². The van der Waals surface area contributed by atoms with E-state index in [0.717, 1.165) is 16.5 Å². The number of carboxylic acids is 1. The van der Waals surface area contributed by atoms with E-state index in [1.54, 1.807) is 6.26 Å². The molecule has 0 aliphatic carbocycles. The zero-order valence-corrected chi connectivity index (χ0v) is 7.43. The zero-order valence-electron chi connectivity index (χ0n) is 7.43. The minimum Gasteiger partial charge on any atom is -0.481 e. The van der Waals surface area contributed by atoms with Gasteiger partial charge in [0.25, 0.3) is 0 Å². The lowest BCUT2D eigenvalue weighted by Gasteiger charge is -1.98. The van der Waals surface area contributed by atoms with Crippen LogP contribution in [0.5, 0.6) is 0 Å². The van der Waals surface area contributed by atoms with Gasteiger partial charge in [0.1, 0.15) is 11.8 Å². The van der Waals surface area contributed by atoms with Gasteiger partial charge in [0.05, 0.1) is 0 Å². The molecule has 0 spiro atoms. The van der Waals surface area contributed by atoms with Gasteiger partial charge in [-0.1, -0.05) is 17.3 Å². The van der Waals surface area contributed by atoms with Gasteiger partial charge in [0.15, 0.2) is 0 Å². The third-order valence-electron chi connectivity index (χ3n) is 2.10. The lowest BCUT2D eigenvalue weighted by Crippen LogP contribution is -1.97. The second-order valence-electron chi connectivity index (χ2n) is 3.06. The van der Waals surface area contributed by atoms with Crippen molar-refractivity contribution in [1.82, 2.24) is 5.16 Å². The lowest BCUT2D eigenvalue weighted by atomic mass is 10.1. The van der Waals surface area contributed by atoms with Crippen molar-refractivity contribution < 1.29 is 14.4 Å². The molecule has 72 valence electrons. The fraction of sp³-hybridized carbons (Fsp3) is 0.200. The first kappa shape index (κ1) is 8.74. The largest absolute Gasteiger partial charge is 0.481 e. The van der Waals surface area contributed by atoms with Gasteiger partial charge in [-0.15, -0.1) is 0 Å². The summed E-state index contributed by atoms with van der Waals surface area (Å²) >= 11 is 0. The number of carbonyl (C=O) groups is 1. The molecule has 0 aliphatic rings. The first-order valence-corrected chi connectivity index (χ1v) is 4.31. The smallest absolute Gasteiger partial charge is 0.303 e. The van der Waals surface area contributed by atoms with Crippen molar-refractivity contribution in [3.05, 3.63) is 30.0 Å². The number of benzene rings is 1. The lowest BCUT2D eigenvalue weighted by molar-refractivity contribution is -0.136. The summed E-state index contributed by atoms with van der Waals surface area (Å²) in [5, 5.41) is 13.2. The first-order chi connectivity index (χ1) is 6.77. The first-order valence-electron chi connectivity index (χ1n) is 4.31. The van der Waals surface area contributed by atoms with Crippen LogP contribution in [0.1, 0.15) is 12.0 Å². The van der Waals surface area contributed by atoms with Crippen LogP contribution in [0.2, 0.25) is 0 Å². The number of rotatable bonds is 3. The fourth-order valence-electron chi connectivity index (χ4n) is 1.41. The molecule has 1 heterocycles. The molecule has 1 aromatic heterocycles. The molecule has 4 nitrogen and oxygen atoms in total. The molecule has 0 fully saturated rings. The van der Waals surface area contributed by atoms with E-state index in [4.69, 9.17) is 9.63 Å². The SMILES string of the molecule is O=C(O)CCc1cccc2nocc12. The number of carboxylic acid groups (broad SMARTS) is 1. The van der Waals surface area contributed by atoms with E-state index in [9.17, 15) is 4.79 Å². The number of aromatic nitrogens is 1. The van der Waals surface area contributed by atoms with Crippen LogP contribution in [0, 0.1) is 0 Å². The van der Waals surface area contributed by atoms with Gasteiger partial charge < -0.3 is 9.63 Å². The van der Waals surface area contributed by atoms with Gasteiger partial charge >= 0.3 is 5.97 Å². The molecule has 1 aromatic carbocycles. The molecule has 0 atom stereocenters. The molecule has 2 aromatic rings. The van der Waals surface area contributed by atoms with E-state index in [1.165, 1.54) is 0 Å². The van der Waals surface area contributed by atoms with E-state index in [-0.39, 0.29) is 6.42 Å². The Bertz CT molecular complexity index is 461. The maximum absolute atomic E-state index is 10.4. The van der Waals surface area contributed by atoms with Gasteiger partial charge in [-0.25, -0.2) is 0 Å². The minimum absolute atomic E-state index is 0.129. The molecule has 0 radical (unpaired) electrons. The molecule has 1 N–H and O–H groups in total. The van der Waals surface area contributed by atoms with Crippen molar-refractivity contribution >= 4 is 16.9 Å². The molecule has 0 saturated heterocycles. The van der Waals surface area contributed by atoms with Gasteiger partial charge in [-0.3, -0.25) is 4.79 Å². The van der Waals surface area contributed by atoms with Crippen molar-refractivity contribution in [2.45, 2.75) is 12.8 Å². The topological polar surface area (TPSA) is 63.3 Å². The number of hydrogen-bond acceptors (Lipinski definition) is 3. The average Bonchev–Trinajstić information content (AvgIpc) is 2.62. The Balaban J connectivity index is 2.32. The fourth-order valence-corrected chi connectivity index (χ4v) is 1.41. The number of aryl methyl sites for hydroxylation is 1. The molecule has 0 unspecified atom stereocenters. The second-order valence-corrected chi connectivity index (χ2v) is 3.06. The Kier molecular flexibility index (Phi) is 2.18. The van der Waals surface area contributed by atoms with Crippen LogP contribution in [-0.4, -0.2) is 16.2 Å². The highest BCUT2D eigenvalue weighted by atomic mass is 16.5. The third-order valence-corrected chi connectivity index (χ3v) is 2.10. The molecule has 0 saturated carbocycles. The second kappa shape index (κ2) is 3.49. The highest BCUT2D eigenvalue weighted by molar-refractivity contribution is 5.81. The summed E-state index contributed by atoms with van der Waals surface area (Å²) in [6, 6.07) is 5.58. The summed E-state index contributed by atoms with van der Waals surface area (Å²) in [6.45, 7) is 0. The van der Waals surface area contributed by atoms with Crippen LogP contribution in [0.15, 0.2) is 29.0 Å². The highest BCUT2D eigenvalue weighted by Gasteiger charge is 2.05. The van der Waals surface area contributed by atoms with Gasteiger partial charge in [-0.2, -0.15) is 0 Å². The molecule has 0 amide bonds. The van der Waals surface area contributed by atoms with Gasteiger partial charge in [-0.05, 0) is 18.1 Å². The quantitative estimate of drug-likeness (QED) is 0.804. The van der Waals surface area contributed by atoms with Crippen molar-refractivity contribution in [3.63, 3.8) is 0 Å². The van der Waals surface area contributed by atoms with Crippen LogP contribution in [0.3, 0.4) is 0 Å². The van der Waals surface area contributed by atoms with Gasteiger partial charge in [0.2, 0.25) is 0 Å². The van der Waals surface area contributed by atoms with E-state index in [2.05, 4.69) is 5.16 Å². The molecule has 2 rings (SSSR count). The van der Waals surface area contributed by atoms with Crippen LogP contribution in [0.4, 0.5) is 0 Å². The molecule has 4 heteroatoms.